The fourth-order valence-corrected chi connectivity index (χ4v) is 0.691. The van der Waals surface area contributed by atoms with Crippen molar-refractivity contribution in [3.05, 3.63) is 18.7 Å². The summed E-state index contributed by atoms with van der Waals surface area (Å²) in [6.07, 6.45) is 4.85. The molecule has 0 aromatic carbocycles. The Bertz CT molecular complexity index is 290. The molecule has 0 saturated heterocycles. The third-order valence-corrected chi connectivity index (χ3v) is 1.11. The Labute approximate surface area is 108 Å². The molecule has 46 valence electrons. The zero-order valence-corrected chi connectivity index (χ0v) is 10.6. The number of H-pyrrole nitrogens is 1. The van der Waals surface area contributed by atoms with E-state index in [9.17, 15) is 0 Å². The van der Waals surface area contributed by atoms with Gasteiger partial charge in [-0.1, -0.05) is 0 Å². The summed E-state index contributed by atoms with van der Waals surface area (Å²) in [6.45, 7) is 0. The summed E-state index contributed by atoms with van der Waals surface area (Å²) in [5, 5.41) is 6.52. The van der Waals surface area contributed by atoms with E-state index in [0.29, 0.717) is 0 Å². The molecule has 0 spiro atoms. The summed E-state index contributed by atoms with van der Waals surface area (Å²) < 4.78 is 0. The summed E-state index contributed by atoms with van der Waals surface area (Å²) in [4.78, 5) is 7.74. The maximum atomic E-state index is 3.94. The summed E-state index contributed by atoms with van der Waals surface area (Å²) in [5.74, 6) is 0. The fourth-order valence-electron chi connectivity index (χ4n) is 0.691. The number of fused-ring (bicyclic) bond motifs is 1. The van der Waals surface area contributed by atoms with Gasteiger partial charge in [-0.2, -0.15) is 5.10 Å². The molecule has 0 fully saturated rings. The van der Waals surface area contributed by atoms with Gasteiger partial charge in [0.05, 0.1) is 12.4 Å². The second-order valence-electron chi connectivity index (χ2n) is 1.69. The zero-order valence-electron chi connectivity index (χ0n) is 6.57. The van der Waals surface area contributed by atoms with E-state index in [-0.39, 0.29) is 59.1 Å². The minimum atomic E-state index is 0. The quantitative estimate of drug-likeness (QED) is 0.541. The summed E-state index contributed by atoms with van der Waals surface area (Å²) >= 11 is 0. The van der Waals surface area contributed by atoms with Gasteiger partial charge in [0.1, 0.15) is 17.4 Å². The van der Waals surface area contributed by atoms with Gasteiger partial charge in [0.15, 0.2) is 0 Å². The van der Waals surface area contributed by atoms with Crippen LogP contribution in [0.2, 0.25) is 0 Å². The van der Waals surface area contributed by atoms with E-state index in [2.05, 4.69) is 20.2 Å². The molecular formula is C5H4N4Na2. The van der Waals surface area contributed by atoms with Crippen LogP contribution in [0.1, 0.15) is 0 Å². The van der Waals surface area contributed by atoms with Crippen LogP contribution in [0.4, 0.5) is 0 Å². The van der Waals surface area contributed by atoms with Gasteiger partial charge in [0, 0.05) is 59.1 Å². The largest absolute Gasteiger partial charge is 0.275 e. The van der Waals surface area contributed by atoms with Crippen LogP contribution < -0.4 is 0 Å². The van der Waals surface area contributed by atoms with Crippen molar-refractivity contribution in [2.75, 3.05) is 0 Å². The summed E-state index contributed by atoms with van der Waals surface area (Å²) in [6, 6.07) is 0. The molecule has 1 N–H and O–H groups in total. The number of hydrogen-bond donors (Lipinski definition) is 1. The average Bonchev–Trinajstić information content (AvgIpc) is 2.33. The Hall–Kier alpha value is 0.550. The Morgan fingerprint density at radius 3 is 2.73 bits per heavy atom. The molecule has 0 atom stereocenters. The second kappa shape index (κ2) is 5.24. The van der Waals surface area contributed by atoms with Crippen LogP contribution >= 0.6 is 0 Å². The SMILES string of the molecule is [Na].[Na].c1ncc2[nH]ncc2n1. The van der Waals surface area contributed by atoms with Crippen molar-refractivity contribution in [1.82, 2.24) is 20.2 Å². The van der Waals surface area contributed by atoms with Gasteiger partial charge in [0.25, 0.3) is 0 Å². The molecule has 2 rings (SSSR count). The molecule has 0 saturated carbocycles. The molecule has 2 radical (unpaired) electrons. The van der Waals surface area contributed by atoms with Crippen LogP contribution in [0, 0.1) is 0 Å². The van der Waals surface area contributed by atoms with E-state index in [0.717, 1.165) is 11.0 Å². The van der Waals surface area contributed by atoms with Crippen molar-refractivity contribution < 1.29 is 0 Å². The minimum absolute atomic E-state index is 0. The van der Waals surface area contributed by atoms with E-state index in [1.54, 1.807) is 12.4 Å². The van der Waals surface area contributed by atoms with Crippen molar-refractivity contribution >= 4 is 70.1 Å². The molecule has 0 aliphatic rings. The van der Waals surface area contributed by atoms with Crippen LogP contribution in [0.5, 0.6) is 0 Å². The van der Waals surface area contributed by atoms with Crippen LogP contribution in [-0.2, 0) is 0 Å². The number of aromatic nitrogens is 4. The monoisotopic (exact) mass is 166 g/mol. The number of nitrogens with one attached hydrogen (secondary N) is 1. The number of nitrogens with zero attached hydrogens (tertiary/aromatic N) is 3. The van der Waals surface area contributed by atoms with Crippen molar-refractivity contribution in [3.8, 4) is 0 Å². The fraction of sp³-hybridized carbons (Fsp3) is 0. The maximum Gasteiger partial charge on any atom is 0.116 e. The average molecular weight is 166 g/mol. The third kappa shape index (κ3) is 2.50. The predicted molar refractivity (Wildman–Crippen MR) is 43.2 cm³/mol. The minimum Gasteiger partial charge on any atom is -0.275 e. The summed E-state index contributed by atoms with van der Waals surface area (Å²) in [5.41, 5.74) is 1.72. The third-order valence-electron chi connectivity index (χ3n) is 1.11. The Morgan fingerprint density at radius 1 is 1.18 bits per heavy atom. The van der Waals surface area contributed by atoms with Crippen molar-refractivity contribution in [2.24, 2.45) is 0 Å². The van der Waals surface area contributed by atoms with Gasteiger partial charge >= 0.3 is 0 Å². The first-order valence-electron chi connectivity index (χ1n) is 2.56. The van der Waals surface area contributed by atoms with E-state index < -0.39 is 0 Å². The molecular weight excluding hydrogens is 162 g/mol. The smallest absolute Gasteiger partial charge is 0.116 e. The van der Waals surface area contributed by atoms with E-state index in [4.69, 9.17) is 0 Å². The molecule has 11 heavy (non-hydrogen) atoms. The molecule has 0 amide bonds. The predicted octanol–water partition coefficient (Wildman–Crippen LogP) is -0.409. The molecule has 6 heteroatoms. The molecule has 2 heterocycles. The van der Waals surface area contributed by atoms with Gasteiger partial charge in [-0.3, -0.25) is 5.10 Å². The molecule has 0 unspecified atom stereocenters. The Balaban J connectivity index is 0.000000500. The molecule has 4 nitrogen and oxygen atoms in total. The van der Waals surface area contributed by atoms with Gasteiger partial charge in [-0.05, 0) is 0 Å². The molecule has 0 aliphatic carbocycles. The van der Waals surface area contributed by atoms with Crippen LogP contribution in [0.25, 0.3) is 11.0 Å². The molecule has 2 aromatic heterocycles. The van der Waals surface area contributed by atoms with E-state index >= 15 is 0 Å². The first kappa shape index (κ1) is 11.6. The van der Waals surface area contributed by atoms with Crippen LogP contribution in [0.15, 0.2) is 18.7 Å². The number of rotatable bonds is 0. The normalized spacial score (nSPS) is 8.36. The van der Waals surface area contributed by atoms with Gasteiger partial charge in [0.2, 0.25) is 0 Å². The van der Waals surface area contributed by atoms with E-state index in [1.165, 1.54) is 6.33 Å². The second-order valence-corrected chi connectivity index (χ2v) is 1.69. The van der Waals surface area contributed by atoms with Crippen molar-refractivity contribution in [2.45, 2.75) is 0 Å². The molecule has 0 aliphatic heterocycles. The molecule has 2 aromatic rings. The Morgan fingerprint density at radius 2 is 2.00 bits per heavy atom. The first-order valence-corrected chi connectivity index (χ1v) is 2.56. The maximum absolute atomic E-state index is 3.94. The van der Waals surface area contributed by atoms with Crippen LogP contribution in [-0.4, -0.2) is 79.3 Å². The Kier molecular flexibility index (Phi) is 5.50. The molecule has 0 bridgehead atoms. The standard InChI is InChI=1S/C5H4N4.2Na/c1-5-4(2-8-9-5)7-3-6-1;;/h1-3H,(H,8,9);;. The van der Waals surface area contributed by atoms with Gasteiger partial charge in [-0.25, -0.2) is 9.97 Å². The first-order chi connectivity index (χ1) is 4.47. The van der Waals surface area contributed by atoms with Crippen LogP contribution in [0.3, 0.4) is 0 Å². The van der Waals surface area contributed by atoms with Gasteiger partial charge < -0.3 is 0 Å². The van der Waals surface area contributed by atoms with Crippen molar-refractivity contribution in [1.29, 1.82) is 0 Å². The topological polar surface area (TPSA) is 54.5 Å². The summed E-state index contributed by atoms with van der Waals surface area (Å²) in [7, 11) is 0. The zero-order chi connectivity index (χ0) is 6.10. The van der Waals surface area contributed by atoms with E-state index in [1.807, 2.05) is 0 Å². The van der Waals surface area contributed by atoms with Crippen molar-refractivity contribution in [3.63, 3.8) is 0 Å². The van der Waals surface area contributed by atoms with Gasteiger partial charge in [-0.15, -0.1) is 0 Å². The number of hydrogen-bond acceptors (Lipinski definition) is 3. The number of aromatic amines is 1.